The number of aliphatic imine (C=N–C) groups is 2. The van der Waals surface area contributed by atoms with Crippen molar-refractivity contribution < 1.29 is 50.3 Å². The maximum atomic E-state index is 12.3. The van der Waals surface area contributed by atoms with Crippen LogP contribution in [0.5, 0.6) is 23.0 Å². The number of para-hydroxylation sites is 4. The van der Waals surface area contributed by atoms with Gasteiger partial charge in [0, 0.05) is 56.0 Å². The van der Waals surface area contributed by atoms with E-state index in [1.165, 1.54) is 36.7 Å². The maximum absolute atomic E-state index is 12.3. The van der Waals surface area contributed by atoms with Crippen LogP contribution in [0.2, 0.25) is 0 Å². The summed E-state index contributed by atoms with van der Waals surface area (Å²) in [7, 11) is 0. The van der Waals surface area contributed by atoms with Gasteiger partial charge in [-0.2, -0.15) is 0 Å². The van der Waals surface area contributed by atoms with Crippen LogP contribution < -0.4 is 20.1 Å². The SMILES string of the molecule is O=C(Nc1ccc(O)c(C=Nc2ccccc2N=Cc2cc(NC(=O)Oc3ccccc3)ccc2O)c1)Oc1ccccc1.[Pt]. The first-order chi connectivity index (χ1) is 21.4. The van der Waals surface area contributed by atoms with Crippen LogP contribution >= 0.6 is 0 Å². The van der Waals surface area contributed by atoms with Gasteiger partial charge in [-0.25, -0.2) is 9.59 Å². The summed E-state index contributed by atoms with van der Waals surface area (Å²) in [5.74, 6) is 0.697. The van der Waals surface area contributed by atoms with E-state index >= 15 is 0 Å². The van der Waals surface area contributed by atoms with Gasteiger partial charge in [-0.05, 0) is 72.8 Å². The van der Waals surface area contributed by atoms with Crippen LogP contribution in [0.1, 0.15) is 11.1 Å². The standard InChI is InChI=1S/C34H26N4O6.Pt/c39-31-17-15-25(37-33(41)43-27-9-3-1-4-10-27)19-23(31)21-35-29-13-7-8-14-30(29)36-22-24-20-26(16-18-32(24)40)38-34(42)44-28-11-5-2-6-12-28;/h1-22,39-40H,(H,37,41)(H,38,42);. The van der Waals surface area contributed by atoms with E-state index in [4.69, 9.17) is 9.47 Å². The Kier molecular flexibility index (Phi) is 11.2. The molecule has 5 rings (SSSR count). The number of hydrogen-bond donors (Lipinski definition) is 4. The number of aromatic hydroxyl groups is 2. The number of phenols is 2. The van der Waals surface area contributed by atoms with E-state index in [0.29, 0.717) is 45.4 Å². The first-order valence-corrected chi connectivity index (χ1v) is 13.3. The molecule has 0 aliphatic carbocycles. The van der Waals surface area contributed by atoms with Gasteiger partial charge in [0.05, 0.1) is 11.4 Å². The molecular weight excluding hydrogens is 755 g/mol. The van der Waals surface area contributed by atoms with Crippen LogP contribution in [0.25, 0.3) is 0 Å². The Morgan fingerprint density at radius 3 is 1.33 bits per heavy atom. The van der Waals surface area contributed by atoms with Crippen molar-refractivity contribution in [2.75, 3.05) is 10.6 Å². The van der Waals surface area contributed by atoms with E-state index in [2.05, 4.69) is 20.6 Å². The molecule has 0 heterocycles. The number of benzene rings is 5. The number of carbonyl (C=O) groups excluding carboxylic acids is 2. The van der Waals surface area contributed by atoms with Gasteiger partial charge in [0.25, 0.3) is 0 Å². The molecule has 5 aromatic carbocycles. The average Bonchev–Trinajstić information content (AvgIpc) is 3.03. The second kappa shape index (κ2) is 15.7. The molecular formula is C34H26N4O6Pt. The van der Waals surface area contributed by atoms with Crippen molar-refractivity contribution in [3.8, 4) is 23.0 Å². The molecule has 0 aromatic heterocycles. The number of amides is 2. The van der Waals surface area contributed by atoms with E-state index in [1.54, 1.807) is 84.9 Å². The molecule has 0 bridgehead atoms. The number of anilines is 2. The molecule has 0 unspecified atom stereocenters. The van der Waals surface area contributed by atoms with Gasteiger partial charge in [-0.1, -0.05) is 48.5 Å². The Balaban J connectivity index is 0.00000461. The topological polar surface area (TPSA) is 142 Å². The molecule has 0 saturated heterocycles. The third-order valence-electron chi connectivity index (χ3n) is 6.02. The van der Waals surface area contributed by atoms with E-state index < -0.39 is 12.2 Å². The second-order valence-electron chi connectivity index (χ2n) is 9.21. The molecule has 0 fully saturated rings. The molecule has 0 aliphatic rings. The fourth-order valence-electron chi connectivity index (χ4n) is 3.91. The van der Waals surface area contributed by atoms with Crippen LogP contribution in [0, 0.1) is 0 Å². The second-order valence-corrected chi connectivity index (χ2v) is 9.21. The minimum Gasteiger partial charge on any atom is -0.507 e. The molecule has 10 nitrogen and oxygen atoms in total. The predicted molar refractivity (Wildman–Crippen MR) is 169 cm³/mol. The number of nitrogens with one attached hydrogen (secondary N) is 2. The van der Waals surface area contributed by atoms with Crippen molar-refractivity contribution in [1.29, 1.82) is 0 Å². The normalized spacial score (nSPS) is 10.7. The fourth-order valence-corrected chi connectivity index (χ4v) is 3.91. The quantitative estimate of drug-likeness (QED) is 0.0935. The van der Waals surface area contributed by atoms with Gasteiger partial charge >= 0.3 is 12.2 Å². The number of hydrogen-bond acceptors (Lipinski definition) is 8. The Labute approximate surface area is 273 Å². The Bertz CT molecular complexity index is 1700. The van der Waals surface area contributed by atoms with Crippen LogP contribution in [0.15, 0.2) is 131 Å². The van der Waals surface area contributed by atoms with E-state index in [0.717, 1.165) is 0 Å². The minimum absolute atomic E-state index is 0. The molecule has 5 aromatic rings. The molecule has 0 atom stereocenters. The summed E-state index contributed by atoms with van der Waals surface area (Å²) in [6, 6.07) is 33.3. The number of carbonyl (C=O) groups is 2. The van der Waals surface area contributed by atoms with Crippen molar-refractivity contribution in [3.05, 3.63) is 132 Å². The molecule has 45 heavy (non-hydrogen) atoms. The molecule has 4 N–H and O–H groups in total. The summed E-state index contributed by atoms with van der Waals surface area (Å²) in [4.78, 5) is 33.5. The Morgan fingerprint density at radius 2 is 0.933 bits per heavy atom. The van der Waals surface area contributed by atoms with Crippen LogP contribution in [-0.2, 0) is 21.1 Å². The van der Waals surface area contributed by atoms with Crippen molar-refractivity contribution in [2.45, 2.75) is 0 Å². The summed E-state index contributed by atoms with van der Waals surface area (Å²) >= 11 is 0. The van der Waals surface area contributed by atoms with E-state index in [9.17, 15) is 19.8 Å². The molecule has 2 amide bonds. The van der Waals surface area contributed by atoms with E-state index in [1.807, 2.05) is 12.1 Å². The minimum atomic E-state index is -0.680. The van der Waals surface area contributed by atoms with Gasteiger partial charge in [0.1, 0.15) is 23.0 Å². The average molecular weight is 782 g/mol. The zero-order valence-electron chi connectivity index (χ0n) is 23.4. The van der Waals surface area contributed by atoms with Gasteiger partial charge in [0.2, 0.25) is 0 Å². The van der Waals surface area contributed by atoms with E-state index in [-0.39, 0.29) is 32.6 Å². The van der Waals surface area contributed by atoms with Gasteiger partial charge < -0.3 is 19.7 Å². The monoisotopic (exact) mass is 781 g/mol. The van der Waals surface area contributed by atoms with Crippen molar-refractivity contribution in [2.24, 2.45) is 9.98 Å². The summed E-state index contributed by atoms with van der Waals surface area (Å²) in [5, 5.41) is 26.0. The summed E-state index contributed by atoms with van der Waals surface area (Å²) in [6.45, 7) is 0. The number of ether oxygens (including phenoxy) is 2. The first kappa shape index (κ1) is 32.2. The first-order valence-electron chi connectivity index (χ1n) is 13.3. The molecule has 0 radical (unpaired) electrons. The predicted octanol–water partition coefficient (Wildman–Crippen LogP) is 7.82. The largest absolute Gasteiger partial charge is 0.507 e. The van der Waals surface area contributed by atoms with Gasteiger partial charge in [-0.3, -0.25) is 20.6 Å². The van der Waals surface area contributed by atoms with Gasteiger partial charge in [0.15, 0.2) is 0 Å². The molecule has 0 saturated carbocycles. The zero-order valence-corrected chi connectivity index (χ0v) is 25.7. The molecule has 0 spiro atoms. The molecule has 0 aliphatic heterocycles. The number of phenolic OH excluding ortho intramolecular Hbond substituents is 2. The van der Waals surface area contributed by atoms with Crippen LogP contribution in [0.3, 0.4) is 0 Å². The Morgan fingerprint density at radius 1 is 0.556 bits per heavy atom. The van der Waals surface area contributed by atoms with Crippen molar-refractivity contribution in [3.63, 3.8) is 0 Å². The Hall–Kier alpha value is -5.73. The van der Waals surface area contributed by atoms with Crippen molar-refractivity contribution >= 4 is 47.4 Å². The number of nitrogens with zero attached hydrogens (tertiary/aromatic N) is 2. The fraction of sp³-hybridized carbons (Fsp3) is 0. The van der Waals surface area contributed by atoms with Crippen LogP contribution in [-0.4, -0.2) is 34.8 Å². The molecule has 11 heteroatoms. The van der Waals surface area contributed by atoms with Crippen LogP contribution in [0.4, 0.5) is 32.3 Å². The van der Waals surface area contributed by atoms with Gasteiger partial charge in [-0.15, -0.1) is 0 Å². The third-order valence-corrected chi connectivity index (χ3v) is 6.02. The summed E-state index contributed by atoms with van der Waals surface area (Å²) < 4.78 is 10.5. The smallest absolute Gasteiger partial charge is 0.417 e. The zero-order chi connectivity index (χ0) is 30.7. The molecule has 228 valence electrons. The van der Waals surface area contributed by atoms with Crippen molar-refractivity contribution in [1.82, 2.24) is 0 Å². The number of rotatable bonds is 8. The maximum Gasteiger partial charge on any atom is 0.417 e. The summed E-state index contributed by atoms with van der Waals surface area (Å²) in [5.41, 5.74) is 2.44. The summed E-state index contributed by atoms with van der Waals surface area (Å²) in [6.07, 6.45) is 1.52. The third kappa shape index (κ3) is 9.38.